The van der Waals surface area contributed by atoms with E-state index in [9.17, 15) is 9.90 Å². The van der Waals surface area contributed by atoms with Crippen molar-refractivity contribution in [3.8, 4) is 5.88 Å². The van der Waals surface area contributed by atoms with Gasteiger partial charge in [0.25, 0.3) is 0 Å². The quantitative estimate of drug-likeness (QED) is 0.832. The smallest absolute Gasteiger partial charge is 0.243 e. The van der Waals surface area contributed by atoms with Crippen LogP contribution in [-0.4, -0.2) is 27.8 Å². The number of hydrogen-bond acceptors (Lipinski definition) is 5. The first-order valence-corrected chi connectivity index (χ1v) is 6.77. The van der Waals surface area contributed by atoms with Crippen LogP contribution in [-0.2, 0) is 11.3 Å². The Bertz CT molecular complexity index is 660. The first-order chi connectivity index (χ1) is 9.61. The van der Waals surface area contributed by atoms with Gasteiger partial charge in [0.05, 0.1) is 6.54 Å². The largest absolute Gasteiger partial charge is 0.492 e. The van der Waals surface area contributed by atoms with Gasteiger partial charge in [0.2, 0.25) is 11.8 Å². The lowest BCUT2D eigenvalue weighted by Crippen LogP contribution is -2.30. The van der Waals surface area contributed by atoms with Gasteiger partial charge in [-0.3, -0.25) is 4.79 Å². The molecule has 0 saturated carbocycles. The third kappa shape index (κ3) is 2.57. The van der Waals surface area contributed by atoms with Gasteiger partial charge in [-0.15, -0.1) is 10.2 Å². The summed E-state index contributed by atoms with van der Waals surface area (Å²) in [5, 5.41) is 19.6. The Kier molecular flexibility index (Phi) is 3.27. The molecule has 7 heteroatoms. The zero-order chi connectivity index (χ0) is 14.1. The second kappa shape index (κ2) is 5.09. The molecule has 0 atom stereocenters. The maximum absolute atomic E-state index is 11.9. The standard InChI is InChI=1S/C13H11BrN4O2/c14-9-2-1-8-6-18(7-13(20)15-10(8)5-9)11-3-4-12(19)17-16-11/h1-5H,6-7H2,(H,15,20)(H,17,19). The molecule has 0 fully saturated rings. The van der Waals surface area contributed by atoms with Crippen LogP contribution in [0, 0.1) is 0 Å². The van der Waals surface area contributed by atoms with Crippen molar-refractivity contribution >= 4 is 33.3 Å². The number of nitrogens with one attached hydrogen (secondary N) is 1. The molecule has 1 aliphatic heterocycles. The first-order valence-electron chi connectivity index (χ1n) is 5.98. The Morgan fingerprint density at radius 2 is 2.05 bits per heavy atom. The van der Waals surface area contributed by atoms with Crippen LogP contribution >= 0.6 is 15.9 Å². The minimum atomic E-state index is -0.141. The van der Waals surface area contributed by atoms with Crippen molar-refractivity contribution in [2.24, 2.45) is 0 Å². The molecule has 0 radical (unpaired) electrons. The van der Waals surface area contributed by atoms with E-state index < -0.39 is 0 Å². The van der Waals surface area contributed by atoms with Crippen molar-refractivity contribution in [3.05, 3.63) is 40.4 Å². The summed E-state index contributed by atoms with van der Waals surface area (Å²) < 4.78 is 0.912. The van der Waals surface area contributed by atoms with Crippen molar-refractivity contribution in [1.29, 1.82) is 0 Å². The van der Waals surface area contributed by atoms with E-state index in [0.717, 1.165) is 15.7 Å². The average molecular weight is 335 g/mol. The molecule has 1 aliphatic rings. The fourth-order valence-electron chi connectivity index (χ4n) is 2.08. The lowest BCUT2D eigenvalue weighted by Gasteiger charge is -2.19. The number of halogens is 1. The van der Waals surface area contributed by atoms with E-state index in [1.807, 2.05) is 23.1 Å². The highest BCUT2D eigenvalue weighted by molar-refractivity contribution is 9.10. The number of fused-ring (bicyclic) bond motifs is 1. The van der Waals surface area contributed by atoms with Gasteiger partial charge in [0.1, 0.15) is 0 Å². The number of aromatic nitrogens is 2. The Labute approximate surface area is 123 Å². The molecule has 20 heavy (non-hydrogen) atoms. The van der Waals surface area contributed by atoms with Crippen LogP contribution in [0.25, 0.3) is 0 Å². The van der Waals surface area contributed by atoms with Crippen LogP contribution in [0.4, 0.5) is 11.5 Å². The summed E-state index contributed by atoms with van der Waals surface area (Å²) in [5.41, 5.74) is 1.78. The molecule has 6 nitrogen and oxygen atoms in total. The first kappa shape index (κ1) is 12.9. The molecule has 0 bridgehead atoms. The van der Waals surface area contributed by atoms with Gasteiger partial charge >= 0.3 is 0 Å². The fourth-order valence-corrected chi connectivity index (χ4v) is 2.44. The van der Waals surface area contributed by atoms with E-state index in [1.165, 1.54) is 6.07 Å². The Hall–Kier alpha value is -2.15. The number of nitrogens with zero attached hydrogens (tertiary/aromatic N) is 3. The van der Waals surface area contributed by atoms with Gasteiger partial charge in [0, 0.05) is 22.8 Å². The molecular weight excluding hydrogens is 324 g/mol. The minimum absolute atomic E-state index is 0.114. The maximum atomic E-state index is 11.9. The van der Waals surface area contributed by atoms with E-state index >= 15 is 0 Å². The molecule has 2 aromatic rings. The fraction of sp³-hybridized carbons (Fsp3) is 0.154. The number of hydrogen-bond donors (Lipinski definition) is 2. The second-order valence-electron chi connectivity index (χ2n) is 4.46. The van der Waals surface area contributed by atoms with Crippen LogP contribution in [0.1, 0.15) is 5.56 Å². The number of anilines is 2. The topological polar surface area (TPSA) is 78.4 Å². The summed E-state index contributed by atoms with van der Waals surface area (Å²) in [6.07, 6.45) is 0. The van der Waals surface area contributed by atoms with Crippen molar-refractivity contribution in [2.45, 2.75) is 6.54 Å². The highest BCUT2D eigenvalue weighted by atomic mass is 79.9. The number of benzene rings is 1. The number of amides is 1. The molecule has 1 aromatic carbocycles. The molecule has 0 spiro atoms. The summed E-state index contributed by atoms with van der Waals surface area (Å²) >= 11 is 3.39. The van der Waals surface area contributed by atoms with Crippen LogP contribution in [0.3, 0.4) is 0 Å². The molecular formula is C13H11BrN4O2. The zero-order valence-corrected chi connectivity index (χ0v) is 12.0. The molecule has 3 rings (SSSR count). The predicted molar refractivity (Wildman–Crippen MR) is 77.5 cm³/mol. The SMILES string of the molecule is O=C1CN(c2ccc(O)nn2)Cc2ccc(Br)cc2N1. The summed E-state index contributed by atoms with van der Waals surface area (Å²) in [7, 11) is 0. The summed E-state index contributed by atoms with van der Waals surface area (Å²) in [4.78, 5) is 13.7. The van der Waals surface area contributed by atoms with E-state index in [2.05, 4.69) is 31.4 Å². The number of aromatic hydroxyl groups is 1. The van der Waals surface area contributed by atoms with Crippen molar-refractivity contribution < 1.29 is 9.90 Å². The molecule has 2 heterocycles. The molecule has 0 aliphatic carbocycles. The number of rotatable bonds is 1. The van der Waals surface area contributed by atoms with Crippen LogP contribution in [0.15, 0.2) is 34.8 Å². The number of carbonyl (C=O) groups is 1. The van der Waals surface area contributed by atoms with Gasteiger partial charge < -0.3 is 15.3 Å². The van der Waals surface area contributed by atoms with Crippen molar-refractivity contribution in [1.82, 2.24) is 10.2 Å². The molecule has 102 valence electrons. The molecule has 2 N–H and O–H groups in total. The normalized spacial score (nSPS) is 14.4. The summed E-state index contributed by atoms with van der Waals surface area (Å²) in [6.45, 7) is 0.729. The zero-order valence-electron chi connectivity index (χ0n) is 10.4. The molecule has 1 aromatic heterocycles. The third-order valence-corrected chi connectivity index (χ3v) is 3.50. The number of carbonyl (C=O) groups excluding carboxylic acids is 1. The van der Waals surface area contributed by atoms with Gasteiger partial charge in [-0.25, -0.2) is 0 Å². The highest BCUT2D eigenvalue weighted by Gasteiger charge is 2.20. The van der Waals surface area contributed by atoms with Crippen molar-refractivity contribution in [2.75, 3.05) is 16.8 Å². The lowest BCUT2D eigenvalue weighted by atomic mass is 10.1. The predicted octanol–water partition coefficient (Wildman–Crippen LogP) is 1.90. The molecule has 1 amide bonds. The minimum Gasteiger partial charge on any atom is -0.492 e. The summed E-state index contributed by atoms with van der Waals surface area (Å²) in [6, 6.07) is 8.84. The van der Waals surface area contributed by atoms with Crippen molar-refractivity contribution in [3.63, 3.8) is 0 Å². The monoisotopic (exact) mass is 334 g/mol. The lowest BCUT2D eigenvalue weighted by molar-refractivity contribution is -0.114. The Morgan fingerprint density at radius 3 is 2.80 bits per heavy atom. The van der Waals surface area contributed by atoms with E-state index in [0.29, 0.717) is 12.4 Å². The van der Waals surface area contributed by atoms with Gasteiger partial charge in [-0.1, -0.05) is 22.0 Å². The second-order valence-corrected chi connectivity index (χ2v) is 5.37. The Balaban J connectivity index is 1.96. The molecule has 0 unspecified atom stereocenters. The Morgan fingerprint density at radius 1 is 1.20 bits per heavy atom. The van der Waals surface area contributed by atoms with Crippen LogP contribution in [0.2, 0.25) is 0 Å². The molecule has 0 saturated heterocycles. The van der Waals surface area contributed by atoms with E-state index in [4.69, 9.17) is 0 Å². The summed E-state index contributed by atoms with van der Waals surface area (Å²) in [5.74, 6) is 0.294. The van der Waals surface area contributed by atoms with Gasteiger partial charge in [0.15, 0.2) is 5.82 Å². The van der Waals surface area contributed by atoms with E-state index in [-0.39, 0.29) is 18.3 Å². The van der Waals surface area contributed by atoms with Gasteiger partial charge in [-0.05, 0) is 23.8 Å². The average Bonchev–Trinajstić information content (AvgIpc) is 2.57. The third-order valence-electron chi connectivity index (χ3n) is 3.00. The van der Waals surface area contributed by atoms with Gasteiger partial charge in [-0.2, -0.15) is 0 Å². The van der Waals surface area contributed by atoms with E-state index in [1.54, 1.807) is 6.07 Å². The maximum Gasteiger partial charge on any atom is 0.243 e. The van der Waals surface area contributed by atoms with Crippen LogP contribution in [0.5, 0.6) is 5.88 Å². The highest BCUT2D eigenvalue weighted by Crippen LogP contribution is 2.26. The van der Waals surface area contributed by atoms with Crippen LogP contribution < -0.4 is 10.2 Å².